The van der Waals surface area contributed by atoms with Crippen molar-refractivity contribution in [2.45, 2.75) is 6.92 Å². The van der Waals surface area contributed by atoms with Crippen LogP contribution in [0.1, 0.15) is 16.1 Å². The van der Waals surface area contributed by atoms with Gasteiger partial charge in [0.15, 0.2) is 0 Å². The molecule has 1 amide bonds. The molecule has 0 radical (unpaired) electrons. The van der Waals surface area contributed by atoms with E-state index in [4.69, 9.17) is 5.73 Å². The number of nitrogens with one attached hydrogen (secondary N) is 1. The molecule has 0 aliphatic rings. The standard InChI is InChI=1S/C16H14N4O/c1-10-4-5-13(17)12-6-8-19-15(14(10)12)16(21)20-11-3-2-7-18-9-11/h2-9H,17H2,1H3,(H,20,21). The molecule has 0 unspecified atom stereocenters. The molecule has 5 nitrogen and oxygen atoms in total. The second-order valence-electron chi connectivity index (χ2n) is 4.75. The van der Waals surface area contributed by atoms with Gasteiger partial charge in [-0.15, -0.1) is 0 Å². The van der Waals surface area contributed by atoms with Gasteiger partial charge >= 0.3 is 0 Å². The van der Waals surface area contributed by atoms with E-state index in [1.807, 2.05) is 25.1 Å². The Morgan fingerprint density at radius 1 is 1.19 bits per heavy atom. The van der Waals surface area contributed by atoms with E-state index in [-0.39, 0.29) is 5.91 Å². The fraction of sp³-hybridized carbons (Fsp3) is 0.0625. The van der Waals surface area contributed by atoms with Crippen LogP contribution in [-0.4, -0.2) is 15.9 Å². The van der Waals surface area contributed by atoms with Crippen LogP contribution in [0.25, 0.3) is 10.8 Å². The van der Waals surface area contributed by atoms with Crippen molar-refractivity contribution in [1.82, 2.24) is 9.97 Å². The zero-order valence-electron chi connectivity index (χ0n) is 11.5. The quantitative estimate of drug-likeness (QED) is 0.706. The zero-order valence-corrected chi connectivity index (χ0v) is 11.5. The zero-order chi connectivity index (χ0) is 14.8. The van der Waals surface area contributed by atoms with E-state index in [0.29, 0.717) is 17.1 Å². The summed E-state index contributed by atoms with van der Waals surface area (Å²) in [6.45, 7) is 1.93. The summed E-state index contributed by atoms with van der Waals surface area (Å²) < 4.78 is 0. The number of nitrogen functional groups attached to an aromatic ring is 1. The monoisotopic (exact) mass is 278 g/mol. The third kappa shape index (κ3) is 2.41. The predicted octanol–water partition coefficient (Wildman–Crippen LogP) is 2.77. The normalized spacial score (nSPS) is 10.5. The summed E-state index contributed by atoms with van der Waals surface area (Å²) in [6.07, 6.45) is 4.83. The first-order valence-corrected chi connectivity index (χ1v) is 6.52. The fourth-order valence-electron chi connectivity index (χ4n) is 2.29. The summed E-state index contributed by atoms with van der Waals surface area (Å²) in [6, 6.07) is 9.08. The number of anilines is 2. The first-order chi connectivity index (χ1) is 10.2. The molecule has 0 saturated heterocycles. The molecule has 1 aromatic carbocycles. The maximum atomic E-state index is 12.4. The molecule has 104 valence electrons. The maximum absolute atomic E-state index is 12.4. The van der Waals surface area contributed by atoms with Gasteiger partial charge in [-0.25, -0.2) is 0 Å². The van der Waals surface area contributed by atoms with Gasteiger partial charge in [-0.3, -0.25) is 14.8 Å². The number of aromatic nitrogens is 2. The summed E-state index contributed by atoms with van der Waals surface area (Å²) in [5.41, 5.74) is 8.56. The topological polar surface area (TPSA) is 80.9 Å². The molecule has 5 heteroatoms. The summed E-state index contributed by atoms with van der Waals surface area (Å²) in [7, 11) is 0. The third-order valence-corrected chi connectivity index (χ3v) is 3.30. The summed E-state index contributed by atoms with van der Waals surface area (Å²) >= 11 is 0. The van der Waals surface area contributed by atoms with Gasteiger partial charge in [0.05, 0.1) is 11.9 Å². The Morgan fingerprint density at radius 3 is 2.81 bits per heavy atom. The van der Waals surface area contributed by atoms with Crippen molar-refractivity contribution in [3.05, 3.63) is 60.2 Å². The van der Waals surface area contributed by atoms with Crippen molar-refractivity contribution in [2.24, 2.45) is 0 Å². The van der Waals surface area contributed by atoms with Gasteiger partial charge in [0.2, 0.25) is 0 Å². The number of carbonyl (C=O) groups excluding carboxylic acids is 1. The summed E-state index contributed by atoms with van der Waals surface area (Å²) in [5.74, 6) is -0.276. The van der Waals surface area contributed by atoms with Crippen LogP contribution in [0.4, 0.5) is 11.4 Å². The number of rotatable bonds is 2. The number of hydrogen-bond acceptors (Lipinski definition) is 4. The average molecular weight is 278 g/mol. The van der Waals surface area contributed by atoms with Crippen molar-refractivity contribution >= 4 is 28.1 Å². The van der Waals surface area contributed by atoms with E-state index in [9.17, 15) is 4.79 Å². The third-order valence-electron chi connectivity index (χ3n) is 3.30. The van der Waals surface area contributed by atoms with Crippen LogP contribution >= 0.6 is 0 Å². The van der Waals surface area contributed by atoms with E-state index in [0.717, 1.165) is 16.3 Å². The SMILES string of the molecule is Cc1ccc(N)c2ccnc(C(=O)Nc3cccnc3)c12. The molecule has 2 heterocycles. The van der Waals surface area contributed by atoms with Crippen LogP contribution in [0.15, 0.2) is 48.9 Å². The number of aryl methyl sites for hydroxylation is 1. The second-order valence-corrected chi connectivity index (χ2v) is 4.75. The number of fused-ring (bicyclic) bond motifs is 1. The summed E-state index contributed by atoms with van der Waals surface area (Å²) in [4.78, 5) is 20.6. The summed E-state index contributed by atoms with van der Waals surface area (Å²) in [5, 5.41) is 4.40. The lowest BCUT2D eigenvalue weighted by Gasteiger charge is -2.10. The molecular formula is C16H14N4O. The molecule has 0 saturated carbocycles. The molecular weight excluding hydrogens is 264 g/mol. The number of nitrogens with zero attached hydrogens (tertiary/aromatic N) is 2. The second kappa shape index (κ2) is 5.20. The van der Waals surface area contributed by atoms with Gasteiger partial charge in [-0.1, -0.05) is 6.07 Å². The Hall–Kier alpha value is -2.95. The first kappa shape index (κ1) is 13.1. The molecule has 0 bridgehead atoms. The van der Waals surface area contributed by atoms with E-state index < -0.39 is 0 Å². The minimum atomic E-state index is -0.276. The van der Waals surface area contributed by atoms with Crippen molar-refractivity contribution in [3.8, 4) is 0 Å². The van der Waals surface area contributed by atoms with Crippen LogP contribution < -0.4 is 11.1 Å². The smallest absolute Gasteiger partial charge is 0.274 e. The Morgan fingerprint density at radius 2 is 2.05 bits per heavy atom. The highest BCUT2D eigenvalue weighted by Crippen LogP contribution is 2.26. The highest BCUT2D eigenvalue weighted by Gasteiger charge is 2.14. The lowest BCUT2D eigenvalue weighted by Crippen LogP contribution is -2.14. The van der Waals surface area contributed by atoms with Crippen LogP contribution in [0, 0.1) is 6.92 Å². The molecule has 3 aromatic rings. The van der Waals surface area contributed by atoms with Gasteiger partial charge in [-0.05, 0) is 36.8 Å². The minimum Gasteiger partial charge on any atom is -0.398 e. The lowest BCUT2D eigenvalue weighted by molar-refractivity contribution is 0.102. The van der Waals surface area contributed by atoms with Crippen molar-refractivity contribution < 1.29 is 4.79 Å². The van der Waals surface area contributed by atoms with E-state index in [1.165, 1.54) is 0 Å². The predicted molar refractivity (Wildman–Crippen MR) is 83.1 cm³/mol. The molecule has 3 rings (SSSR count). The number of nitrogens with two attached hydrogens (primary N) is 1. The van der Waals surface area contributed by atoms with Crippen LogP contribution in [0.5, 0.6) is 0 Å². The molecule has 3 N–H and O–H groups in total. The molecule has 0 aliphatic carbocycles. The van der Waals surface area contributed by atoms with Gasteiger partial charge in [0.1, 0.15) is 5.69 Å². The highest BCUT2D eigenvalue weighted by atomic mass is 16.1. The van der Waals surface area contributed by atoms with E-state index in [2.05, 4.69) is 15.3 Å². The molecule has 0 fully saturated rings. The molecule has 0 aliphatic heterocycles. The number of amides is 1. The van der Waals surface area contributed by atoms with Crippen LogP contribution in [0.2, 0.25) is 0 Å². The average Bonchev–Trinajstić information content (AvgIpc) is 2.51. The number of pyridine rings is 2. The van der Waals surface area contributed by atoms with Crippen LogP contribution in [0.3, 0.4) is 0 Å². The van der Waals surface area contributed by atoms with Crippen LogP contribution in [-0.2, 0) is 0 Å². The van der Waals surface area contributed by atoms with Gasteiger partial charge < -0.3 is 11.1 Å². The number of benzene rings is 1. The minimum absolute atomic E-state index is 0.276. The first-order valence-electron chi connectivity index (χ1n) is 6.52. The Balaban J connectivity index is 2.08. The molecule has 2 aromatic heterocycles. The fourth-order valence-corrected chi connectivity index (χ4v) is 2.29. The lowest BCUT2D eigenvalue weighted by atomic mass is 10.0. The van der Waals surface area contributed by atoms with Gasteiger partial charge in [0.25, 0.3) is 5.91 Å². The Labute approximate surface area is 121 Å². The number of carbonyl (C=O) groups is 1. The maximum Gasteiger partial charge on any atom is 0.274 e. The highest BCUT2D eigenvalue weighted by molar-refractivity contribution is 6.13. The molecule has 0 atom stereocenters. The Kier molecular flexibility index (Phi) is 3.23. The van der Waals surface area contributed by atoms with E-state index in [1.54, 1.807) is 30.7 Å². The molecule has 21 heavy (non-hydrogen) atoms. The van der Waals surface area contributed by atoms with E-state index >= 15 is 0 Å². The molecule has 0 spiro atoms. The van der Waals surface area contributed by atoms with Gasteiger partial charge in [0, 0.05) is 28.9 Å². The van der Waals surface area contributed by atoms with Crippen molar-refractivity contribution in [3.63, 3.8) is 0 Å². The van der Waals surface area contributed by atoms with Gasteiger partial charge in [-0.2, -0.15) is 0 Å². The number of hydrogen-bond donors (Lipinski definition) is 2. The Bertz CT molecular complexity index is 815. The van der Waals surface area contributed by atoms with Crippen molar-refractivity contribution in [2.75, 3.05) is 11.1 Å². The van der Waals surface area contributed by atoms with Crippen molar-refractivity contribution in [1.29, 1.82) is 0 Å². The largest absolute Gasteiger partial charge is 0.398 e.